The predicted molar refractivity (Wildman–Crippen MR) is 87.9 cm³/mol. The number of pyridine rings is 1. The van der Waals surface area contributed by atoms with Crippen molar-refractivity contribution in [3.63, 3.8) is 0 Å². The van der Waals surface area contributed by atoms with Gasteiger partial charge in [-0.15, -0.1) is 0 Å². The summed E-state index contributed by atoms with van der Waals surface area (Å²) >= 11 is 5.91. The second kappa shape index (κ2) is 5.42. The van der Waals surface area contributed by atoms with E-state index >= 15 is 0 Å². The van der Waals surface area contributed by atoms with E-state index in [0.29, 0.717) is 5.15 Å². The number of aromatic amines is 1. The van der Waals surface area contributed by atoms with Gasteiger partial charge in [0.15, 0.2) is 0 Å². The Morgan fingerprint density at radius 3 is 3.05 bits per heavy atom. The molecule has 0 radical (unpaired) electrons. The molecule has 0 aromatic carbocycles. The van der Waals surface area contributed by atoms with E-state index in [1.54, 1.807) is 18.6 Å². The van der Waals surface area contributed by atoms with Crippen molar-refractivity contribution in [2.45, 2.75) is 6.42 Å². The van der Waals surface area contributed by atoms with Crippen LogP contribution in [0.5, 0.6) is 0 Å². The van der Waals surface area contributed by atoms with E-state index in [-0.39, 0.29) is 0 Å². The number of aromatic nitrogens is 4. The van der Waals surface area contributed by atoms with Gasteiger partial charge in [0.1, 0.15) is 16.6 Å². The van der Waals surface area contributed by atoms with Gasteiger partial charge in [-0.1, -0.05) is 17.7 Å². The molecule has 1 aliphatic heterocycles. The van der Waals surface area contributed by atoms with Crippen LogP contribution in [0.15, 0.2) is 43.0 Å². The summed E-state index contributed by atoms with van der Waals surface area (Å²) in [4.78, 5) is 18.2. The zero-order valence-corrected chi connectivity index (χ0v) is 12.6. The molecule has 4 rings (SSSR count). The van der Waals surface area contributed by atoms with Crippen molar-refractivity contribution in [1.29, 1.82) is 0 Å². The van der Waals surface area contributed by atoms with Crippen molar-refractivity contribution in [2.75, 3.05) is 18.0 Å². The standard InChI is InChI=1S/C16H14ClN5/c17-14-9-18-10-15(21-14)22-6-3-11(4-7-22)13-8-20-16-12(13)2-1-5-19-16/h1-3,5,8-10H,4,6-7H2,(H,19,20). The maximum Gasteiger partial charge on any atom is 0.149 e. The van der Waals surface area contributed by atoms with Gasteiger partial charge >= 0.3 is 0 Å². The topological polar surface area (TPSA) is 57.7 Å². The molecule has 0 saturated heterocycles. The van der Waals surface area contributed by atoms with Gasteiger partial charge in [-0.3, -0.25) is 4.98 Å². The second-order valence-corrected chi connectivity index (χ2v) is 5.61. The molecule has 0 atom stereocenters. The first kappa shape index (κ1) is 13.3. The average molecular weight is 312 g/mol. The van der Waals surface area contributed by atoms with Crippen molar-refractivity contribution in [3.05, 3.63) is 53.7 Å². The molecule has 0 spiro atoms. The average Bonchev–Trinajstić information content (AvgIpc) is 2.99. The first-order chi connectivity index (χ1) is 10.8. The second-order valence-electron chi connectivity index (χ2n) is 5.23. The monoisotopic (exact) mass is 311 g/mol. The van der Waals surface area contributed by atoms with Gasteiger partial charge < -0.3 is 9.88 Å². The molecular weight excluding hydrogens is 298 g/mol. The molecule has 5 nitrogen and oxygen atoms in total. The number of fused-ring (bicyclic) bond motifs is 1. The zero-order chi connectivity index (χ0) is 14.9. The largest absolute Gasteiger partial charge is 0.351 e. The highest BCUT2D eigenvalue weighted by Crippen LogP contribution is 2.29. The predicted octanol–water partition coefficient (Wildman–Crippen LogP) is 3.30. The molecule has 3 aromatic rings. The van der Waals surface area contributed by atoms with Crippen molar-refractivity contribution < 1.29 is 0 Å². The van der Waals surface area contributed by atoms with E-state index in [2.05, 4.69) is 37.0 Å². The third-order valence-electron chi connectivity index (χ3n) is 3.92. The van der Waals surface area contributed by atoms with Gasteiger partial charge in [0, 0.05) is 36.4 Å². The van der Waals surface area contributed by atoms with Crippen LogP contribution in [-0.4, -0.2) is 33.0 Å². The van der Waals surface area contributed by atoms with Crippen LogP contribution >= 0.6 is 11.6 Å². The number of nitrogens with zero attached hydrogens (tertiary/aromatic N) is 4. The molecule has 0 aliphatic carbocycles. The van der Waals surface area contributed by atoms with Crippen molar-refractivity contribution >= 4 is 34.0 Å². The molecule has 1 N–H and O–H groups in total. The van der Waals surface area contributed by atoms with Gasteiger partial charge in [-0.2, -0.15) is 0 Å². The highest BCUT2D eigenvalue weighted by Gasteiger charge is 2.17. The van der Waals surface area contributed by atoms with Gasteiger partial charge in [0.05, 0.1) is 12.4 Å². The number of halogens is 1. The van der Waals surface area contributed by atoms with Crippen LogP contribution in [0.4, 0.5) is 5.82 Å². The van der Waals surface area contributed by atoms with Crippen LogP contribution in [0.25, 0.3) is 16.6 Å². The zero-order valence-electron chi connectivity index (χ0n) is 11.8. The third kappa shape index (κ3) is 2.33. The van der Waals surface area contributed by atoms with Gasteiger partial charge in [-0.25, -0.2) is 9.97 Å². The Kier molecular flexibility index (Phi) is 3.27. The Bertz CT molecular complexity index is 854. The molecule has 1 aliphatic rings. The summed E-state index contributed by atoms with van der Waals surface area (Å²) in [5.74, 6) is 0.823. The number of H-pyrrole nitrogens is 1. The number of rotatable bonds is 2. The van der Waals surface area contributed by atoms with E-state index in [1.165, 1.54) is 16.5 Å². The van der Waals surface area contributed by atoms with E-state index in [4.69, 9.17) is 11.6 Å². The molecule has 22 heavy (non-hydrogen) atoms. The molecule has 0 unspecified atom stereocenters. The summed E-state index contributed by atoms with van der Waals surface area (Å²) in [6.07, 6.45) is 10.3. The van der Waals surface area contributed by atoms with Crippen LogP contribution in [-0.2, 0) is 0 Å². The molecule has 110 valence electrons. The smallest absolute Gasteiger partial charge is 0.149 e. The Hall–Kier alpha value is -2.40. The Morgan fingerprint density at radius 2 is 2.23 bits per heavy atom. The highest BCUT2D eigenvalue weighted by molar-refractivity contribution is 6.29. The fourth-order valence-electron chi connectivity index (χ4n) is 2.83. The van der Waals surface area contributed by atoms with E-state index in [9.17, 15) is 0 Å². The minimum atomic E-state index is 0.426. The summed E-state index contributed by atoms with van der Waals surface area (Å²) in [6.45, 7) is 1.70. The first-order valence-electron chi connectivity index (χ1n) is 7.15. The van der Waals surface area contributed by atoms with E-state index in [1.807, 2.05) is 12.3 Å². The SMILES string of the molecule is Clc1cncc(N2CC=C(c3c[nH]c4ncccc34)CC2)n1. The molecule has 4 heterocycles. The Morgan fingerprint density at radius 1 is 1.27 bits per heavy atom. The molecule has 0 saturated carbocycles. The lowest BCUT2D eigenvalue weighted by Crippen LogP contribution is -2.29. The molecule has 0 fully saturated rings. The van der Waals surface area contributed by atoms with Crippen LogP contribution in [0, 0.1) is 0 Å². The summed E-state index contributed by atoms with van der Waals surface area (Å²) < 4.78 is 0. The van der Waals surface area contributed by atoms with Gasteiger partial charge in [0.25, 0.3) is 0 Å². The molecular formula is C16H14ClN5. The normalized spacial score (nSPS) is 15.1. The minimum absolute atomic E-state index is 0.426. The minimum Gasteiger partial charge on any atom is -0.351 e. The van der Waals surface area contributed by atoms with Crippen LogP contribution < -0.4 is 4.90 Å². The lowest BCUT2D eigenvalue weighted by molar-refractivity contribution is 0.813. The first-order valence-corrected chi connectivity index (χ1v) is 7.53. The quantitative estimate of drug-likeness (QED) is 0.789. The number of nitrogens with one attached hydrogen (secondary N) is 1. The summed E-state index contributed by atoms with van der Waals surface area (Å²) in [7, 11) is 0. The Balaban J connectivity index is 1.61. The van der Waals surface area contributed by atoms with Gasteiger partial charge in [-0.05, 0) is 24.1 Å². The lowest BCUT2D eigenvalue weighted by Gasteiger charge is -2.27. The van der Waals surface area contributed by atoms with Crippen LogP contribution in [0.3, 0.4) is 0 Å². The van der Waals surface area contributed by atoms with Crippen LogP contribution in [0.1, 0.15) is 12.0 Å². The van der Waals surface area contributed by atoms with Crippen molar-refractivity contribution in [2.24, 2.45) is 0 Å². The lowest BCUT2D eigenvalue weighted by atomic mass is 10.00. The fourth-order valence-corrected chi connectivity index (χ4v) is 2.97. The number of hydrogen-bond acceptors (Lipinski definition) is 4. The maximum atomic E-state index is 5.91. The molecule has 0 amide bonds. The maximum absolute atomic E-state index is 5.91. The summed E-state index contributed by atoms with van der Waals surface area (Å²) in [6, 6.07) is 4.07. The van der Waals surface area contributed by atoms with Crippen molar-refractivity contribution in [3.8, 4) is 0 Å². The summed E-state index contributed by atoms with van der Waals surface area (Å²) in [5.41, 5.74) is 3.51. The third-order valence-corrected chi connectivity index (χ3v) is 4.10. The Labute approximate surface area is 132 Å². The highest BCUT2D eigenvalue weighted by atomic mass is 35.5. The summed E-state index contributed by atoms with van der Waals surface area (Å²) in [5, 5.41) is 1.60. The molecule has 0 bridgehead atoms. The van der Waals surface area contributed by atoms with Gasteiger partial charge in [0.2, 0.25) is 0 Å². The fraction of sp³-hybridized carbons (Fsp3) is 0.188. The van der Waals surface area contributed by atoms with Crippen molar-refractivity contribution in [1.82, 2.24) is 19.9 Å². The van der Waals surface area contributed by atoms with E-state index in [0.717, 1.165) is 31.0 Å². The molecule has 3 aromatic heterocycles. The van der Waals surface area contributed by atoms with Crippen LogP contribution in [0.2, 0.25) is 5.15 Å². The number of hydrogen-bond donors (Lipinski definition) is 1. The molecule has 6 heteroatoms. The number of anilines is 1. The van der Waals surface area contributed by atoms with E-state index < -0.39 is 0 Å².